The predicted molar refractivity (Wildman–Crippen MR) is 48.8 cm³/mol. The Morgan fingerprint density at radius 2 is 2.08 bits per heavy atom. The van der Waals surface area contributed by atoms with Crippen LogP contribution in [0.5, 0.6) is 0 Å². The molecule has 72 valence electrons. The van der Waals surface area contributed by atoms with Crippen LogP contribution in [0.1, 0.15) is 40.0 Å². The maximum Gasteiger partial charge on any atom is 0.162 e. The summed E-state index contributed by atoms with van der Waals surface area (Å²) < 4.78 is 0. The van der Waals surface area contributed by atoms with Gasteiger partial charge in [0.05, 0.1) is 0 Å². The van der Waals surface area contributed by atoms with Crippen LogP contribution in [-0.4, -0.2) is 22.5 Å². The van der Waals surface area contributed by atoms with Crippen LogP contribution in [0.4, 0.5) is 0 Å². The first kappa shape index (κ1) is 11.6. The van der Waals surface area contributed by atoms with Gasteiger partial charge >= 0.3 is 0 Å². The summed E-state index contributed by atoms with van der Waals surface area (Å²) in [4.78, 5) is 11.1. The van der Waals surface area contributed by atoms with Gasteiger partial charge in [0.2, 0.25) is 0 Å². The second kappa shape index (κ2) is 4.58. The molecule has 0 amide bonds. The Morgan fingerprint density at radius 1 is 1.58 bits per heavy atom. The number of Topliss-reactive ketones (excluding diaryl/α,β-unsaturated/α-hetero) is 1. The van der Waals surface area contributed by atoms with E-state index in [1.54, 1.807) is 0 Å². The summed E-state index contributed by atoms with van der Waals surface area (Å²) in [5.74, 6) is -0.223. The van der Waals surface area contributed by atoms with Crippen LogP contribution < -0.4 is 5.73 Å². The summed E-state index contributed by atoms with van der Waals surface area (Å²) >= 11 is 0. The molecule has 2 atom stereocenters. The number of carbonyl (C=O) groups is 1. The summed E-state index contributed by atoms with van der Waals surface area (Å²) in [6.45, 7) is 5.19. The van der Waals surface area contributed by atoms with E-state index in [2.05, 4.69) is 0 Å². The normalized spacial score (nSPS) is 18.4. The van der Waals surface area contributed by atoms with Crippen molar-refractivity contribution in [3.63, 3.8) is 0 Å². The lowest BCUT2D eigenvalue weighted by molar-refractivity contribution is -0.138. The molecule has 0 aromatic carbocycles. The molecule has 0 aliphatic heterocycles. The molecule has 0 saturated heterocycles. The van der Waals surface area contributed by atoms with Crippen LogP contribution >= 0.6 is 0 Å². The van der Waals surface area contributed by atoms with Gasteiger partial charge in [0, 0.05) is 6.04 Å². The average molecular weight is 173 g/mol. The first-order valence-electron chi connectivity index (χ1n) is 4.48. The Labute approximate surface area is 74.0 Å². The van der Waals surface area contributed by atoms with Gasteiger partial charge in [0.15, 0.2) is 5.78 Å². The number of hydrogen-bond donors (Lipinski definition) is 2. The monoisotopic (exact) mass is 173 g/mol. The molecular weight excluding hydrogens is 154 g/mol. The molecule has 0 spiro atoms. The van der Waals surface area contributed by atoms with E-state index in [9.17, 15) is 9.90 Å². The minimum atomic E-state index is -1.30. The third kappa shape index (κ3) is 2.29. The second-order valence-corrected chi connectivity index (χ2v) is 3.25. The van der Waals surface area contributed by atoms with Gasteiger partial charge in [-0.1, -0.05) is 20.3 Å². The third-order valence-electron chi connectivity index (χ3n) is 2.29. The highest BCUT2D eigenvalue weighted by atomic mass is 16.3. The molecule has 0 saturated carbocycles. The van der Waals surface area contributed by atoms with Gasteiger partial charge in [0.1, 0.15) is 5.60 Å². The highest BCUT2D eigenvalue weighted by Crippen LogP contribution is 2.19. The smallest absolute Gasteiger partial charge is 0.162 e. The van der Waals surface area contributed by atoms with E-state index >= 15 is 0 Å². The highest BCUT2D eigenvalue weighted by Gasteiger charge is 2.36. The molecule has 3 nitrogen and oxygen atoms in total. The zero-order chi connectivity index (χ0) is 9.78. The molecule has 2 unspecified atom stereocenters. The predicted octanol–water partition coefficient (Wildman–Crippen LogP) is 0.844. The van der Waals surface area contributed by atoms with Gasteiger partial charge < -0.3 is 10.8 Å². The van der Waals surface area contributed by atoms with Crippen molar-refractivity contribution in [3.8, 4) is 0 Å². The van der Waals surface area contributed by atoms with E-state index in [0.29, 0.717) is 12.8 Å². The van der Waals surface area contributed by atoms with Crippen LogP contribution in [0.2, 0.25) is 0 Å². The van der Waals surface area contributed by atoms with Crippen molar-refractivity contribution in [2.75, 3.05) is 0 Å². The van der Waals surface area contributed by atoms with Crippen molar-refractivity contribution in [2.45, 2.75) is 51.7 Å². The number of carbonyl (C=O) groups excluding carboxylic acids is 1. The van der Waals surface area contributed by atoms with Crippen molar-refractivity contribution in [2.24, 2.45) is 5.73 Å². The molecule has 0 bridgehead atoms. The molecular formula is C9H19NO2. The topological polar surface area (TPSA) is 63.3 Å². The maximum atomic E-state index is 11.1. The second-order valence-electron chi connectivity index (χ2n) is 3.25. The standard InChI is InChI=1S/C9H19NO2/c1-4-6-9(12,7(3)11)8(10)5-2/h8,12H,4-6,10H2,1-3H3. The Kier molecular flexibility index (Phi) is 4.42. The zero-order valence-corrected chi connectivity index (χ0v) is 8.13. The van der Waals surface area contributed by atoms with Crippen LogP contribution in [0.3, 0.4) is 0 Å². The SMILES string of the molecule is CCCC(O)(C(C)=O)C(N)CC. The summed E-state index contributed by atoms with van der Waals surface area (Å²) in [5, 5.41) is 9.88. The zero-order valence-electron chi connectivity index (χ0n) is 8.13. The molecule has 3 heteroatoms. The first-order chi connectivity index (χ1) is 5.49. The highest BCUT2D eigenvalue weighted by molar-refractivity contribution is 5.85. The molecule has 0 aromatic heterocycles. The van der Waals surface area contributed by atoms with E-state index in [1.807, 2.05) is 13.8 Å². The average Bonchev–Trinajstić information content (AvgIpc) is 2.03. The van der Waals surface area contributed by atoms with E-state index in [-0.39, 0.29) is 5.78 Å². The molecule has 0 rings (SSSR count). The van der Waals surface area contributed by atoms with E-state index < -0.39 is 11.6 Å². The fraction of sp³-hybridized carbons (Fsp3) is 0.889. The van der Waals surface area contributed by atoms with Gasteiger partial charge in [-0.2, -0.15) is 0 Å². The van der Waals surface area contributed by atoms with Gasteiger partial charge in [-0.05, 0) is 19.8 Å². The molecule has 0 fully saturated rings. The molecule has 12 heavy (non-hydrogen) atoms. The van der Waals surface area contributed by atoms with Gasteiger partial charge in [-0.25, -0.2) is 0 Å². The number of nitrogens with two attached hydrogens (primary N) is 1. The number of aliphatic hydroxyl groups is 1. The fourth-order valence-corrected chi connectivity index (χ4v) is 1.34. The molecule has 0 aliphatic carbocycles. The Bertz CT molecular complexity index is 159. The summed E-state index contributed by atoms with van der Waals surface area (Å²) in [6, 6.07) is -0.435. The minimum Gasteiger partial charge on any atom is -0.380 e. The van der Waals surface area contributed by atoms with Crippen molar-refractivity contribution >= 4 is 5.78 Å². The lowest BCUT2D eigenvalue weighted by Crippen LogP contribution is -2.52. The van der Waals surface area contributed by atoms with Gasteiger partial charge in [0.25, 0.3) is 0 Å². The van der Waals surface area contributed by atoms with Crippen molar-refractivity contribution in [1.82, 2.24) is 0 Å². The fourth-order valence-electron chi connectivity index (χ4n) is 1.34. The Morgan fingerprint density at radius 3 is 2.33 bits per heavy atom. The molecule has 3 N–H and O–H groups in total. The summed E-state index contributed by atoms with van der Waals surface area (Å²) in [7, 11) is 0. The summed E-state index contributed by atoms with van der Waals surface area (Å²) in [6.07, 6.45) is 1.84. The van der Waals surface area contributed by atoms with Gasteiger partial charge in [-0.15, -0.1) is 0 Å². The van der Waals surface area contributed by atoms with Crippen LogP contribution in [0.15, 0.2) is 0 Å². The molecule has 0 radical (unpaired) electrons. The largest absolute Gasteiger partial charge is 0.380 e. The number of hydrogen-bond acceptors (Lipinski definition) is 3. The Hall–Kier alpha value is -0.410. The molecule has 0 aromatic rings. The lowest BCUT2D eigenvalue weighted by atomic mass is 9.85. The quantitative estimate of drug-likeness (QED) is 0.647. The first-order valence-corrected chi connectivity index (χ1v) is 4.48. The maximum absolute atomic E-state index is 11.1. The lowest BCUT2D eigenvalue weighted by Gasteiger charge is -2.30. The number of rotatable bonds is 5. The van der Waals surface area contributed by atoms with E-state index in [4.69, 9.17) is 5.73 Å². The Balaban J connectivity index is 4.48. The van der Waals surface area contributed by atoms with Crippen LogP contribution in [0.25, 0.3) is 0 Å². The van der Waals surface area contributed by atoms with E-state index in [0.717, 1.165) is 6.42 Å². The minimum absolute atomic E-state index is 0.223. The summed E-state index contributed by atoms with van der Waals surface area (Å²) in [5.41, 5.74) is 4.37. The molecule has 0 aliphatic rings. The van der Waals surface area contributed by atoms with Crippen molar-refractivity contribution < 1.29 is 9.90 Å². The van der Waals surface area contributed by atoms with E-state index in [1.165, 1.54) is 6.92 Å². The van der Waals surface area contributed by atoms with Crippen LogP contribution in [0, 0.1) is 0 Å². The van der Waals surface area contributed by atoms with Crippen molar-refractivity contribution in [3.05, 3.63) is 0 Å². The third-order valence-corrected chi connectivity index (χ3v) is 2.29. The number of ketones is 1. The van der Waals surface area contributed by atoms with Crippen LogP contribution in [-0.2, 0) is 4.79 Å². The van der Waals surface area contributed by atoms with Crippen molar-refractivity contribution in [1.29, 1.82) is 0 Å². The molecule has 0 heterocycles. The van der Waals surface area contributed by atoms with Gasteiger partial charge in [-0.3, -0.25) is 4.79 Å².